The number of rotatable bonds is 25. The SMILES string of the molecule is C=CC(=O)N1CC(CC(=O)Cn2c(C)c(-c3ccccc3N3CCCC3)c3cc(Cl)ccc32)C1.C=CC(=O)N1CC(CC(=O)Cn2c(C)c(C(=O)N3CCc4c(cccc4OC)C3)c3cc(C)cc(C)c32)C1.C=CC(=O)N1CC(CC(=O)Cn2cc(-c3cnn(C)c3)c3cc(Cl)ccc32)C1.C=CC(=O)N1CC(CC(=O)Cn2ccc3cc(F)ccc32)C1. The first kappa shape index (κ1) is 86.2. The average Bonchev–Trinajstić information content (AvgIpc) is 1.59. The number of anilines is 1. The lowest BCUT2D eigenvalue weighted by atomic mass is 9.94. The van der Waals surface area contributed by atoms with Crippen LogP contribution in [0.2, 0.25) is 10.0 Å². The second-order valence-electron chi connectivity index (χ2n) is 33.1. The number of aryl methyl sites for hydroxylation is 3. The maximum absolute atomic E-state index is 14.0. The van der Waals surface area contributed by atoms with E-state index in [9.17, 15) is 47.5 Å². The van der Waals surface area contributed by atoms with E-state index in [0.29, 0.717) is 120 Å². The molecule has 5 saturated heterocycles. The topological polar surface area (TPSA) is 220 Å². The second-order valence-corrected chi connectivity index (χ2v) is 34.0. The molecule has 11 heterocycles. The van der Waals surface area contributed by atoms with Gasteiger partial charge in [0.05, 0.1) is 50.6 Å². The van der Waals surface area contributed by atoms with Crippen LogP contribution in [-0.4, -0.2) is 184 Å². The third kappa shape index (κ3) is 18.8. The highest BCUT2D eigenvalue weighted by molar-refractivity contribution is 6.32. The van der Waals surface area contributed by atoms with Gasteiger partial charge in [0.1, 0.15) is 11.6 Å². The number of likely N-dealkylation sites (tertiary alicyclic amines) is 4. The van der Waals surface area contributed by atoms with Gasteiger partial charge in [-0.05, 0) is 161 Å². The van der Waals surface area contributed by atoms with Crippen LogP contribution >= 0.6 is 23.2 Å². The van der Waals surface area contributed by atoms with Crippen LogP contribution in [0.1, 0.15) is 82.5 Å². The second kappa shape index (κ2) is 37.4. The Kier molecular flexibility index (Phi) is 26.4. The number of fused-ring (bicyclic) bond motifs is 5. The zero-order valence-corrected chi connectivity index (χ0v) is 71.6. The van der Waals surface area contributed by atoms with E-state index in [1.54, 1.807) is 55.9 Å². The molecule has 0 bridgehead atoms. The van der Waals surface area contributed by atoms with E-state index in [1.165, 1.54) is 66.1 Å². The Morgan fingerprint density at radius 2 is 1.06 bits per heavy atom. The predicted molar refractivity (Wildman–Crippen MR) is 477 cm³/mol. The van der Waals surface area contributed by atoms with E-state index < -0.39 is 0 Å². The molecule has 0 spiro atoms. The molecule has 0 aliphatic carbocycles. The van der Waals surface area contributed by atoms with Crippen molar-refractivity contribution in [2.24, 2.45) is 30.7 Å². The monoisotopic (exact) mass is 1680 g/mol. The molecule has 5 amide bonds. The Balaban J connectivity index is 0.000000135. The number of hydrogen-bond donors (Lipinski definition) is 0. The van der Waals surface area contributed by atoms with Crippen molar-refractivity contribution in [2.45, 2.75) is 105 Å². The summed E-state index contributed by atoms with van der Waals surface area (Å²) in [5.41, 5.74) is 16.4. The summed E-state index contributed by atoms with van der Waals surface area (Å²) in [6, 6.07) is 36.7. The summed E-state index contributed by atoms with van der Waals surface area (Å²) in [5, 5.41) is 9.37. The lowest BCUT2D eigenvalue weighted by Gasteiger charge is -2.38. The van der Waals surface area contributed by atoms with Gasteiger partial charge in [0.15, 0.2) is 23.1 Å². The Labute approximate surface area is 719 Å². The van der Waals surface area contributed by atoms with Gasteiger partial charge in [-0.1, -0.05) is 91.5 Å². The number of amides is 5. The first-order chi connectivity index (χ1) is 58.7. The molecule has 22 nitrogen and oxygen atoms in total. The van der Waals surface area contributed by atoms with Crippen molar-refractivity contribution in [3.05, 3.63) is 246 Å². The third-order valence-corrected chi connectivity index (χ3v) is 24.9. The quantitative estimate of drug-likeness (QED) is 0.0488. The number of carbonyl (C=O) groups is 9. The van der Waals surface area contributed by atoms with E-state index in [4.69, 9.17) is 27.9 Å². The van der Waals surface area contributed by atoms with Crippen LogP contribution in [0.3, 0.4) is 0 Å². The van der Waals surface area contributed by atoms with E-state index in [0.717, 1.165) is 114 Å². The molecular formula is C97H103Cl2FN12O10. The Hall–Kier alpha value is -12.2. The number of ketones is 4. The zero-order chi connectivity index (χ0) is 86.5. The van der Waals surface area contributed by atoms with Crippen LogP contribution in [0.25, 0.3) is 65.9 Å². The number of aromatic nitrogens is 6. The van der Waals surface area contributed by atoms with E-state index in [1.807, 2.05) is 107 Å². The molecule has 6 aliphatic rings. The van der Waals surface area contributed by atoms with Crippen molar-refractivity contribution in [1.82, 2.24) is 52.5 Å². The largest absolute Gasteiger partial charge is 0.496 e. The Morgan fingerprint density at radius 3 is 1.61 bits per heavy atom. The summed E-state index contributed by atoms with van der Waals surface area (Å²) in [6.07, 6.45) is 17.8. The Bertz CT molecular complexity index is 5970. The third-order valence-electron chi connectivity index (χ3n) is 24.4. The molecule has 5 fully saturated rings. The molecule has 6 aliphatic heterocycles. The zero-order valence-electron chi connectivity index (χ0n) is 70.1. The highest BCUT2D eigenvalue weighted by Gasteiger charge is 2.37. The van der Waals surface area contributed by atoms with Crippen molar-refractivity contribution in [3.63, 3.8) is 0 Å². The smallest absolute Gasteiger partial charge is 0.256 e. The van der Waals surface area contributed by atoms with Crippen molar-refractivity contribution < 1.29 is 52.3 Å². The summed E-state index contributed by atoms with van der Waals surface area (Å²) in [4.78, 5) is 123. The maximum Gasteiger partial charge on any atom is 0.256 e. The van der Waals surface area contributed by atoms with Gasteiger partial charge in [-0.25, -0.2) is 4.39 Å². The number of para-hydroxylation sites is 1. The molecule has 11 aromatic rings. The van der Waals surface area contributed by atoms with Crippen LogP contribution in [0.4, 0.5) is 10.1 Å². The van der Waals surface area contributed by atoms with Gasteiger partial charge in [-0.15, -0.1) is 0 Å². The van der Waals surface area contributed by atoms with Crippen molar-refractivity contribution in [1.29, 1.82) is 0 Å². The standard InChI is InChI=1S/C31H35N3O4.C28H30ClN3O2.C21H21ClN4O2.C17H17FN2O2/c1-6-28(36)33-15-22(16-33)14-24(35)18-34-21(4)29(26-13-19(2)12-20(3)30(26)34)31(37)32-11-10-25-23(17-32)8-7-9-27(25)38-5;1-3-27(34)31-16-20(17-31)14-22(33)18-32-19(2)28(24-15-21(29)10-11-26(24)32)23-8-4-5-9-25(23)30-12-6-7-13-30;1-3-21(28)26-9-14(10-26)6-17(27)12-25-13-19(15-8-23-24(2)11-15)18-7-16(22)4-5-20(18)25;1-2-17(22)20-9-12(10-20)7-15(21)11-19-6-5-13-8-14(18)3-4-16(13)19/h6-9,12-13,22H,1,10-11,14-18H2,2-5H3;3-5,8-11,15,20H,1,6-7,12-14,16-18H2,2H3;3-5,7-8,11,13-14H,1,6,9-10,12H2,2H3;2-6,8,12H,1,7,9-11H2. The number of benzene rings is 6. The molecule has 0 unspecified atom stereocenters. The van der Waals surface area contributed by atoms with Crippen molar-refractivity contribution in [3.8, 4) is 28.0 Å². The number of carbonyl (C=O) groups excluding carboxylic acids is 9. The fourth-order valence-corrected chi connectivity index (χ4v) is 18.6. The molecule has 0 saturated carbocycles. The minimum Gasteiger partial charge on any atom is -0.496 e. The number of Topliss-reactive ketones (excluding diaryl/α,β-unsaturated/α-hetero) is 4. The molecule has 17 rings (SSSR count). The first-order valence-corrected chi connectivity index (χ1v) is 42.3. The number of hydrogen-bond acceptors (Lipinski definition) is 12. The fourth-order valence-electron chi connectivity index (χ4n) is 18.3. The summed E-state index contributed by atoms with van der Waals surface area (Å²) < 4.78 is 28.4. The average molecular weight is 1690 g/mol. The van der Waals surface area contributed by atoms with Gasteiger partial charge in [0.25, 0.3) is 5.91 Å². The molecular weight excluding hydrogens is 1580 g/mol. The molecule has 5 aromatic heterocycles. The van der Waals surface area contributed by atoms with Crippen LogP contribution in [0.5, 0.6) is 5.75 Å². The summed E-state index contributed by atoms with van der Waals surface area (Å²) in [7, 11) is 3.55. The van der Waals surface area contributed by atoms with Crippen LogP contribution in [0.15, 0.2) is 191 Å². The highest BCUT2D eigenvalue weighted by atomic mass is 35.5. The van der Waals surface area contributed by atoms with Gasteiger partial charge < -0.3 is 52.4 Å². The van der Waals surface area contributed by atoms with Gasteiger partial charge in [-0.3, -0.25) is 47.8 Å². The van der Waals surface area contributed by atoms with E-state index >= 15 is 0 Å². The highest BCUT2D eigenvalue weighted by Crippen LogP contribution is 2.43. The summed E-state index contributed by atoms with van der Waals surface area (Å²) >= 11 is 12.6. The first-order valence-electron chi connectivity index (χ1n) is 41.6. The summed E-state index contributed by atoms with van der Waals surface area (Å²) in [5.74, 6) is 1.71. The van der Waals surface area contributed by atoms with Gasteiger partial charge in [0.2, 0.25) is 23.6 Å². The summed E-state index contributed by atoms with van der Waals surface area (Å²) in [6.45, 7) is 31.5. The minimum atomic E-state index is -0.280. The van der Waals surface area contributed by atoms with Crippen molar-refractivity contribution >= 4 is 125 Å². The number of halogens is 3. The number of methoxy groups -OCH3 is 1. The van der Waals surface area contributed by atoms with Gasteiger partial charge in [0, 0.05) is 247 Å². The Morgan fingerprint density at radius 1 is 0.525 bits per heavy atom. The normalized spacial score (nSPS) is 15.2. The molecule has 122 heavy (non-hydrogen) atoms. The maximum atomic E-state index is 14.0. The molecule has 0 radical (unpaired) electrons. The van der Waals surface area contributed by atoms with Crippen LogP contribution in [0, 0.1) is 57.2 Å². The lowest BCUT2D eigenvalue weighted by Crippen LogP contribution is -2.50. The van der Waals surface area contributed by atoms with Crippen LogP contribution in [-0.2, 0) is 84.5 Å². The van der Waals surface area contributed by atoms with E-state index in [-0.39, 0.29) is 95.2 Å². The molecule has 632 valence electrons. The van der Waals surface area contributed by atoms with Crippen LogP contribution < -0.4 is 9.64 Å². The minimum absolute atomic E-state index is 0.00487. The van der Waals surface area contributed by atoms with E-state index in [2.05, 4.69) is 90.3 Å². The molecule has 0 atom stereocenters. The van der Waals surface area contributed by atoms with Gasteiger partial charge in [-0.2, -0.15) is 5.10 Å². The van der Waals surface area contributed by atoms with Crippen molar-refractivity contribution in [2.75, 3.05) is 84.0 Å². The predicted octanol–water partition coefficient (Wildman–Crippen LogP) is 15.5. The number of ether oxygens (including phenoxy) is 1. The molecule has 6 aromatic carbocycles. The fraction of sp³-hybridized carbons (Fsp3) is 0.340. The molecule has 25 heteroatoms. The van der Waals surface area contributed by atoms with Gasteiger partial charge >= 0.3 is 0 Å². The number of nitrogens with zero attached hydrogens (tertiary/aromatic N) is 12. The molecule has 0 N–H and O–H groups in total. The lowest BCUT2D eigenvalue weighted by molar-refractivity contribution is -0.134.